The molecule has 3 N–H and O–H groups in total. The summed E-state index contributed by atoms with van der Waals surface area (Å²) in [6.45, 7) is 8.62. The third-order valence-electron chi connectivity index (χ3n) is 24.3. The second-order valence-electron chi connectivity index (χ2n) is 32.7. The van der Waals surface area contributed by atoms with Crippen molar-refractivity contribution >= 4 is 70.9 Å². The highest BCUT2D eigenvalue weighted by molar-refractivity contribution is 6.01. The molecule has 0 radical (unpaired) electrons. The fraction of sp³-hybridized carbons (Fsp3) is 0.818. The number of ether oxygens (including phenoxy) is 2. The van der Waals surface area contributed by atoms with Crippen LogP contribution in [0.3, 0.4) is 0 Å². The van der Waals surface area contributed by atoms with E-state index < -0.39 is 174 Å². The lowest BCUT2D eigenvalue weighted by molar-refractivity contribution is -0.215. The molecular weight excluding hydrogens is 1370 g/mol. The van der Waals surface area contributed by atoms with Crippen molar-refractivity contribution in [2.24, 2.45) is 35.5 Å². The van der Waals surface area contributed by atoms with E-state index in [-0.39, 0.29) is 121 Å². The van der Waals surface area contributed by atoms with Gasteiger partial charge < -0.3 is 69.5 Å². The van der Waals surface area contributed by atoms with Crippen molar-refractivity contribution in [1.82, 2.24) is 60.0 Å². The largest absolute Gasteiger partial charge is 0.394 e. The van der Waals surface area contributed by atoms with Crippen LogP contribution in [0.15, 0.2) is 12.2 Å². The monoisotopic (exact) mass is 1500 g/mol. The molecule has 26 nitrogen and oxygen atoms in total. The maximum Gasteiger partial charge on any atom is 0.394 e. The summed E-state index contributed by atoms with van der Waals surface area (Å²) in [7, 11) is 11.5. The van der Waals surface area contributed by atoms with Crippen molar-refractivity contribution in [2.75, 3.05) is 89.2 Å². The molecule has 7 fully saturated rings. The zero-order valence-corrected chi connectivity index (χ0v) is 65.3. The lowest BCUT2D eigenvalue weighted by Gasteiger charge is -2.46. The van der Waals surface area contributed by atoms with Gasteiger partial charge in [0.1, 0.15) is 60.4 Å². The average molecular weight is 1500 g/mol. The Morgan fingerprint density at radius 3 is 1.92 bits per heavy atom. The minimum atomic E-state index is -4.52. The first-order chi connectivity index (χ1) is 50.1. The summed E-state index contributed by atoms with van der Waals surface area (Å²) in [6.07, 6.45) is 5.91. The summed E-state index contributed by atoms with van der Waals surface area (Å²) in [4.78, 5) is 194. The van der Waals surface area contributed by atoms with E-state index in [0.29, 0.717) is 50.9 Å². The molecule has 596 valence electrons. The average Bonchev–Trinajstić information content (AvgIpc) is 1.08. The zero-order valence-electron chi connectivity index (χ0n) is 65.3. The number of nitrogens with one attached hydrogen (secondary N) is 3. The molecule has 8 rings (SSSR count). The van der Waals surface area contributed by atoms with Crippen molar-refractivity contribution in [2.45, 2.75) is 280 Å². The Morgan fingerprint density at radius 1 is 0.660 bits per heavy atom. The van der Waals surface area contributed by atoms with E-state index in [1.807, 2.05) is 32.9 Å². The van der Waals surface area contributed by atoms with Crippen LogP contribution >= 0.6 is 0 Å². The number of nitrogens with zero attached hydrogens (tertiary/aromatic N) is 9. The predicted octanol–water partition coefficient (Wildman–Crippen LogP) is 5.82. The number of likely N-dealkylation sites (N-methyl/N-ethyl adjacent to an activating group) is 6. The van der Waals surface area contributed by atoms with Crippen molar-refractivity contribution in [1.29, 1.82) is 0 Å². The van der Waals surface area contributed by atoms with Crippen LogP contribution in [-0.4, -0.2) is 283 Å². The normalized spacial score (nSPS) is 31.9. The van der Waals surface area contributed by atoms with Gasteiger partial charge in [0.2, 0.25) is 70.9 Å². The Morgan fingerprint density at radius 2 is 1.32 bits per heavy atom. The van der Waals surface area contributed by atoms with E-state index in [1.165, 1.54) is 101 Å². The van der Waals surface area contributed by atoms with Gasteiger partial charge in [0.25, 0.3) is 0 Å². The van der Waals surface area contributed by atoms with Gasteiger partial charge in [0.15, 0.2) is 0 Å². The van der Waals surface area contributed by atoms with Crippen LogP contribution in [0.5, 0.6) is 0 Å². The summed E-state index contributed by atoms with van der Waals surface area (Å²) in [5.41, 5.74) is -1.58. The van der Waals surface area contributed by atoms with E-state index in [1.54, 1.807) is 6.92 Å². The number of methoxy groups -OCH3 is 1. The molecule has 1 spiro atoms. The summed E-state index contributed by atoms with van der Waals surface area (Å²) >= 11 is 0. The quantitative estimate of drug-likeness (QED) is 0.163. The Kier molecular flexibility index (Phi) is 29.9. The number of fused-ring (bicyclic) bond motifs is 3. The Hall–Kier alpha value is -6.91. The SMILES string of the molecule is CCC[C@H]1C(=O)N[C@@H](CC(C)C)C(=O)N(C2CC2)CC(=O)N(C)[C@H]2C/C=C\CCN(C2=O)[C@@H](CC2CCC(C)CC2)C(=O)N(C)CC(=O)N[C@@H](CCC2CCC(C(F)(F)F)C(OC)C2)C(=O)N2C[C@H](OCC)C[C@H]2C(=O)NC2(CCC2)C(=O)N(C)[C@@H](C2CCCC2)C(=O)N(C)[C@H](C(=O)N(C)C)CC(=O)N1C. The van der Waals surface area contributed by atoms with Gasteiger partial charge in [0.05, 0.1) is 31.1 Å². The molecule has 5 saturated carbocycles. The van der Waals surface area contributed by atoms with Gasteiger partial charge in [-0.25, -0.2) is 0 Å². The molecule has 12 atom stereocenters. The molecule has 2 bridgehead atoms. The van der Waals surface area contributed by atoms with Crippen LogP contribution in [0.1, 0.15) is 202 Å². The van der Waals surface area contributed by atoms with E-state index in [0.717, 1.165) is 38.5 Å². The van der Waals surface area contributed by atoms with Gasteiger partial charge in [-0.3, -0.25) is 57.5 Å². The van der Waals surface area contributed by atoms with Gasteiger partial charge in [-0.2, -0.15) is 13.2 Å². The van der Waals surface area contributed by atoms with Crippen molar-refractivity contribution in [3.05, 3.63) is 12.2 Å². The van der Waals surface area contributed by atoms with Crippen LogP contribution in [0.2, 0.25) is 0 Å². The van der Waals surface area contributed by atoms with Crippen molar-refractivity contribution in [3.63, 3.8) is 0 Å². The molecular formula is C77H123F3N12O14. The van der Waals surface area contributed by atoms with Crippen molar-refractivity contribution in [3.8, 4) is 0 Å². The summed E-state index contributed by atoms with van der Waals surface area (Å²) < 4.78 is 54.5. The minimum Gasteiger partial charge on any atom is -0.381 e. The first-order valence-electron chi connectivity index (χ1n) is 39.4. The number of carbonyl (C=O) groups is 12. The number of hydrogen-bond acceptors (Lipinski definition) is 14. The third-order valence-corrected chi connectivity index (χ3v) is 24.3. The molecule has 3 aliphatic heterocycles. The maximum atomic E-state index is 15.7. The van der Waals surface area contributed by atoms with Crippen molar-refractivity contribution < 1.29 is 80.2 Å². The molecule has 106 heavy (non-hydrogen) atoms. The molecule has 5 aliphatic carbocycles. The van der Waals surface area contributed by atoms with Crippen LogP contribution in [0.25, 0.3) is 0 Å². The fourth-order valence-electron chi connectivity index (χ4n) is 17.6. The summed E-state index contributed by atoms with van der Waals surface area (Å²) in [5.74, 6) is -9.73. The van der Waals surface area contributed by atoms with E-state index in [4.69, 9.17) is 9.47 Å². The highest BCUT2D eigenvalue weighted by Crippen LogP contribution is 2.44. The van der Waals surface area contributed by atoms with Gasteiger partial charge in [-0.05, 0) is 146 Å². The van der Waals surface area contributed by atoms with Gasteiger partial charge in [-0.1, -0.05) is 84.8 Å². The molecule has 3 heterocycles. The number of hydrogen-bond donors (Lipinski definition) is 3. The van der Waals surface area contributed by atoms with Crippen LogP contribution in [-0.2, 0) is 67.0 Å². The Labute approximate surface area is 625 Å². The lowest BCUT2D eigenvalue weighted by atomic mass is 9.74. The lowest BCUT2D eigenvalue weighted by Crippen LogP contribution is -2.68. The molecule has 3 unspecified atom stereocenters. The smallest absolute Gasteiger partial charge is 0.381 e. The van der Waals surface area contributed by atoms with E-state index in [9.17, 15) is 37.1 Å². The fourth-order valence-corrected chi connectivity index (χ4v) is 17.6. The zero-order chi connectivity index (χ0) is 77.8. The molecule has 8 aliphatic rings. The van der Waals surface area contributed by atoms with E-state index >= 15 is 33.6 Å². The number of halogens is 3. The maximum absolute atomic E-state index is 15.7. The summed E-state index contributed by atoms with van der Waals surface area (Å²) in [5, 5.41) is 8.90. The highest BCUT2D eigenvalue weighted by Gasteiger charge is 2.55. The molecule has 0 aromatic rings. The first-order valence-corrected chi connectivity index (χ1v) is 39.4. The van der Waals surface area contributed by atoms with Gasteiger partial charge >= 0.3 is 6.18 Å². The second kappa shape index (κ2) is 37.5. The summed E-state index contributed by atoms with van der Waals surface area (Å²) in [6, 6.07) is -10.3. The van der Waals surface area contributed by atoms with Gasteiger partial charge in [-0.15, -0.1) is 0 Å². The van der Waals surface area contributed by atoms with Crippen LogP contribution in [0.4, 0.5) is 13.2 Å². The number of amides is 12. The standard InChI is InChI=1S/C77H123F3N12O14/c1-14-22-57-67(96)82-56(39-47(3)4)70(99)91(52-32-33-52)46-65(95)87(10)58-25-17-16-20-38-90(73(58)102)61(40-49-28-26-48(5)27-29-49)72(101)85(8)45-63(93)81-55(35-31-50-30-34-54(77(78,79)80)62(41-50)105-13)69(98)92-44-53(106-15-2)42-59(92)68(97)83-76(36-21-37-76)75(104)89(12)66(51-23-18-19-24-51)74(103)88(11)60(71(100)84(6)7)43-64(94)86(57)9/h16-17,47-62,66H,14-15,18-46H2,1-13H3,(H,81,93)(H,82,96)(H,83,97)/b17-16-/t48?,49?,50?,53-,54?,55+,56+,57+,58+,59+,60+,61+,62?,66+/m1/s1. The number of rotatable bonds is 15. The topological polar surface area (TPSA) is 289 Å². The van der Waals surface area contributed by atoms with Crippen LogP contribution in [0, 0.1) is 35.5 Å². The Bertz CT molecular complexity index is 3150. The van der Waals surface area contributed by atoms with Crippen LogP contribution < -0.4 is 16.0 Å². The molecule has 0 aromatic heterocycles. The number of carbonyl (C=O) groups excluding carboxylic acids is 12. The first kappa shape index (κ1) is 84.7. The minimum absolute atomic E-state index is 0.00160. The van der Waals surface area contributed by atoms with Gasteiger partial charge in [0, 0.05) is 88.6 Å². The second-order valence-corrected chi connectivity index (χ2v) is 32.7. The predicted molar refractivity (Wildman–Crippen MR) is 389 cm³/mol. The molecule has 12 amide bonds. The molecule has 29 heteroatoms. The molecule has 2 saturated heterocycles. The number of alkyl halides is 3. The highest BCUT2D eigenvalue weighted by atomic mass is 19.4. The Balaban J connectivity index is 1.20. The third kappa shape index (κ3) is 20.7. The van der Waals surface area contributed by atoms with E-state index in [2.05, 4.69) is 22.9 Å². The molecule has 0 aromatic carbocycles.